The van der Waals surface area contributed by atoms with Gasteiger partial charge in [0, 0.05) is 12.7 Å². The molecule has 8 nitrogen and oxygen atoms in total. The normalized spacial score (nSPS) is 12.5. The van der Waals surface area contributed by atoms with Crippen molar-refractivity contribution < 1.29 is 27.6 Å². The fourth-order valence-corrected chi connectivity index (χ4v) is 4.42. The molecule has 1 N–H and O–H groups in total. The van der Waals surface area contributed by atoms with Gasteiger partial charge in [-0.25, -0.2) is 13.2 Å². The molecular formula is C21H25ClN2O6S. The lowest BCUT2D eigenvalue weighted by molar-refractivity contribution is -0.123. The van der Waals surface area contributed by atoms with Gasteiger partial charge in [-0.3, -0.25) is 9.63 Å². The summed E-state index contributed by atoms with van der Waals surface area (Å²) in [5.41, 5.74) is 3.43. The summed E-state index contributed by atoms with van der Waals surface area (Å²) in [4.78, 5) is 29.5. The number of sulfonamides is 1. The largest absolute Gasteiger partial charge is 0.449 e. The molecule has 0 aliphatic rings. The molecule has 0 saturated heterocycles. The Labute approximate surface area is 187 Å². The van der Waals surface area contributed by atoms with E-state index in [9.17, 15) is 18.0 Å². The van der Waals surface area contributed by atoms with Crippen molar-refractivity contribution in [2.45, 2.75) is 38.7 Å². The minimum Gasteiger partial charge on any atom is -0.449 e. The molecule has 0 spiro atoms. The maximum absolute atomic E-state index is 12.5. The number of benzene rings is 2. The third-order valence-electron chi connectivity index (χ3n) is 4.62. The zero-order valence-electron chi connectivity index (χ0n) is 18.1. The predicted octanol–water partition coefficient (Wildman–Crippen LogP) is 3.63. The Morgan fingerprint density at radius 1 is 1.10 bits per heavy atom. The Kier molecular flexibility index (Phi) is 7.82. The quantitative estimate of drug-likeness (QED) is 0.491. The van der Waals surface area contributed by atoms with E-state index in [1.807, 2.05) is 32.9 Å². The molecule has 0 aliphatic heterocycles. The number of nitrogens with zero attached hydrogens (tertiary/aromatic N) is 1. The van der Waals surface area contributed by atoms with E-state index in [0.717, 1.165) is 22.8 Å². The molecule has 0 radical (unpaired) electrons. The highest BCUT2D eigenvalue weighted by atomic mass is 35.5. The highest BCUT2D eigenvalue weighted by molar-refractivity contribution is 7.89. The van der Waals surface area contributed by atoms with Crippen LogP contribution in [0.2, 0.25) is 5.02 Å². The number of hydrogen-bond acceptors (Lipinski definition) is 6. The minimum atomic E-state index is -4.08. The number of anilines is 1. The van der Waals surface area contributed by atoms with Crippen molar-refractivity contribution in [3.8, 4) is 0 Å². The Morgan fingerprint density at radius 2 is 1.68 bits per heavy atom. The smallest absolute Gasteiger partial charge is 0.338 e. The Bertz CT molecular complexity index is 1090. The molecule has 168 valence electrons. The fraction of sp³-hybridized carbons (Fsp3) is 0.333. The zero-order chi connectivity index (χ0) is 23.5. The molecule has 1 amide bonds. The molecule has 2 rings (SSSR count). The van der Waals surface area contributed by atoms with Crippen LogP contribution in [-0.2, 0) is 24.4 Å². The van der Waals surface area contributed by atoms with Crippen LogP contribution in [0.25, 0.3) is 0 Å². The summed E-state index contributed by atoms with van der Waals surface area (Å²) in [6, 6.07) is 7.53. The number of carbonyl (C=O) groups excluding carboxylic acids is 2. The molecular weight excluding hydrogens is 444 g/mol. The second kappa shape index (κ2) is 9.78. The van der Waals surface area contributed by atoms with Crippen molar-refractivity contribution in [3.63, 3.8) is 0 Å². The van der Waals surface area contributed by atoms with E-state index in [-0.39, 0.29) is 15.5 Å². The van der Waals surface area contributed by atoms with Gasteiger partial charge in [-0.15, -0.1) is 0 Å². The number of amides is 1. The summed E-state index contributed by atoms with van der Waals surface area (Å²) < 4.78 is 30.8. The van der Waals surface area contributed by atoms with Gasteiger partial charge in [0.05, 0.1) is 17.7 Å². The first-order chi connectivity index (χ1) is 14.4. The van der Waals surface area contributed by atoms with Crippen LogP contribution in [0.3, 0.4) is 0 Å². The SMILES string of the molecule is CON(C)S(=O)(=O)c1cc(C(=O)OC(C)C(=O)Nc2c(C)cc(C)cc2C)ccc1Cl. The van der Waals surface area contributed by atoms with Crippen molar-refractivity contribution in [2.75, 3.05) is 19.5 Å². The number of halogens is 1. The van der Waals surface area contributed by atoms with Gasteiger partial charge in [0.2, 0.25) is 0 Å². The molecule has 2 aromatic rings. The van der Waals surface area contributed by atoms with Crippen LogP contribution in [0.15, 0.2) is 35.2 Å². The van der Waals surface area contributed by atoms with Crippen LogP contribution in [0.5, 0.6) is 0 Å². The van der Waals surface area contributed by atoms with Crippen LogP contribution in [0.1, 0.15) is 34.0 Å². The van der Waals surface area contributed by atoms with Gasteiger partial charge in [0.1, 0.15) is 4.90 Å². The summed E-state index contributed by atoms with van der Waals surface area (Å²) in [5, 5.41) is 2.69. The van der Waals surface area contributed by atoms with Gasteiger partial charge in [-0.05, 0) is 57.0 Å². The molecule has 31 heavy (non-hydrogen) atoms. The molecule has 2 aromatic carbocycles. The highest BCUT2D eigenvalue weighted by Crippen LogP contribution is 2.26. The Hall–Kier alpha value is -2.46. The maximum atomic E-state index is 12.5. The molecule has 0 bridgehead atoms. The van der Waals surface area contributed by atoms with Crippen molar-refractivity contribution in [1.29, 1.82) is 0 Å². The number of hydroxylamine groups is 1. The van der Waals surface area contributed by atoms with Crippen LogP contribution in [-0.4, -0.2) is 45.0 Å². The van der Waals surface area contributed by atoms with Crippen molar-refractivity contribution >= 4 is 39.2 Å². The first-order valence-electron chi connectivity index (χ1n) is 9.30. The Balaban J connectivity index is 2.20. The lowest BCUT2D eigenvalue weighted by Gasteiger charge is -2.18. The first-order valence-corrected chi connectivity index (χ1v) is 11.1. The summed E-state index contributed by atoms with van der Waals surface area (Å²) >= 11 is 6.00. The van der Waals surface area contributed by atoms with Gasteiger partial charge >= 0.3 is 5.97 Å². The number of hydrogen-bond donors (Lipinski definition) is 1. The maximum Gasteiger partial charge on any atom is 0.338 e. The summed E-state index contributed by atoms with van der Waals surface area (Å²) in [7, 11) is -1.71. The molecule has 0 aromatic heterocycles. The number of nitrogens with one attached hydrogen (secondary N) is 1. The zero-order valence-corrected chi connectivity index (χ0v) is 19.7. The molecule has 10 heteroatoms. The van der Waals surface area contributed by atoms with Crippen molar-refractivity contribution in [1.82, 2.24) is 4.47 Å². The number of aryl methyl sites for hydroxylation is 3. The van der Waals surface area contributed by atoms with E-state index >= 15 is 0 Å². The van der Waals surface area contributed by atoms with E-state index in [2.05, 4.69) is 5.32 Å². The van der Waals surface area contributed by atoms with Crippen molar-refractivity contribution in [3.05, 3.63) is 57.6 Å². The fourth-order valence-electron chi connectivity index (χ4n) is 2.95. The van der Waals surface area contributed by atoms with Gasteiger partial charge in [0.15, 0.2) is 6.10 Å². The molecule has 0 fully saturated rings. The van der Waals surface area contributed by atoms with E-state index in [1.54, 1.807) is 0 Å². The number of esters is 1. The number of ether oxygens (including phenoxy) is 1. The molecule has 1 unspecified atom stereocenters. The minimum absolute atomic E-state index is 0.0742. The third-order valence-corrected chi connectivity index (χ3v) is 6.78. The average Bonchev–Trinajstić information content (AvgIpc) is 2.69. The van der Waals surface area contributed by atoms with Crippen molar-refractivity contribution in [2.24, 2.45) is 0 Å². The average molecular weight is 469 g/mol. The van der Waals surface area contributed by atoms with Crippen LogP contribution < -0.4 is 5.32 Å². The van der Waals surface area contributed by atoms with E-state index in [0.29, 0.717) is 10.2 Å². The van der Waals surface area contributed by atoms with E-state index in [1.165, 1.54) is 33.2 Å². The highest BCUT2D eigenvalue weighted by Gasteiger charge is 2.27. The standard InChI is InChI=1S/C21H25ClN2O6S/c1-12-9-13(2)19(14(3)10-12)23-20(25)15(4)30-21(26)16-7-8-17(22)18(11-16)31(27,28)24(5)29-6/h7-11,15H,1-6H3,(H,23,25). The van der Waals surface area contributed by atoms with Crippen LogP contribution in [0, 0.1) is 20.8 Å². The molecule has 0 saturated carbocycles. The monoisotopic (exact) mass is 468 g/mol. The van der Waals surface area contributed by atoms with Gasteiger partial charge in [-0.2, -0.15) is 0 Å². The lowest BCUT2D eigenvalue weighted by Crippen LogP contribution is -2.30. The predicted molar refractivity (Wildman–Crippen MR) is 118 cm³/mol. The van der Waals surface area contributed by atoms with Gasteiger partial charge in [-0.1, -0.05) is 33.8 Å². The summed E-state index contributed by atoms with van der Waals surface area (Å²) in [6.07, 6.45) is -1.12. The van der Waals surface area contributed by atoms with Crippen LogP contribution >= 0.6 is 11.6 Å². The van der Waals surface area contributed by atoms with Crippen LogP contribution in [0.4, 0.5) is 5.69 Å². The number of rotatable bonds is 7. The van der Waals surface area contributed by atoms with E-state index in [4.69, 9.17) is 21.2 Å². The first kappa shape index (κ1) is 24.8. The molecule has 0 aliphatic carbocycles. The summed E-state index contributed by atoms with van der Waals surface area (Å²) in [5.74, 6) is -1.38. The second-order valence-corrected chi connectivity index (χ2v) is 9.36. The summed E-state index contributed by atoms with van der Waals surface area (Å²) in [6.45, 7) is 7.14. The Morgan fingerprint density at radius 3 is 2.23 bits per heavy atom. The number of carbonyl (C=O) groups is 2. The van der Waals surface area contributed by atoms with Gasteiger partial charge < -0.3 is 10.1 Å². The topological polar surface area (TPSA) is 102 Å². The van der Waals surface area contributed by atoms with E-state index < -0.39 is 28.0 Å². The van der Waals surface area contributed by atoms with Gasteiger partial charge in [0.25, 0.3) is 15.9 Å². The molecule has 1 atom stereocenters. The molecule has 0 heterocycles. The second-order valence-electron chi connectivity index (χ2n) is 7.05. The lowest BCUT2D eigenvalue weighted by atomic mass is 10.0. The third kappa shape index (κ3) is 5.62.